The van der Waals surface area contributed by atoms with Crippen molar-refractivity contribution in [2.45, 2.75) is 20.5 Å². The van der Waals surface area contributed by atoms with Gasteiger partial charge < -0.3 is 10.2 Å². The molecule has 0 radical (unpaired) electrons. The molecular formula is C17H18N2O2. The van der Waals surface area contributed by atoms with Crippen molar-refractivity contribution >= 4 is 17.8 Å². The van der Waals surface area contributed by atoms with E-state index in [1.54, 1.807) is 0 Å². The summed E-state index contributed by atoms with van der Waals surface area (Å²) in [5.74, 6) is -0.317. The van der Waals surface area contributed by atoms with Crippen molar-refractivity contribution < 1.29 is 9.63 Å². The van der Waals surface area contributed by atoms with Gasteiger partial charge in [0.05, 0.1) is 0 Å². The molecule has 0 bridgehead atoms. The predicted octanol–water partition coefficient (Wildman–Crippen LogP) is 3.44. The maximum Gasteiger partial charge on any atom is 0.270 e. The SMILES string of the molecule is Cc1ccc(CON=CC(=O)Nc2ccc(C)cc2)cc1. The smallest absolute Gasteiger partial charge is 0.270 e. The van der Waals surface area contributed by atoms with Crippen LogP contribution >= 0.6 is 0 Å². The van der Waals surface area contributed by atoms with Crippen LogP contribution in [0.5, 0.6) is 0 Å². The summed E-state index contributed by atoms with van der Waals surface area (Å²) in [6.07, 6.45) is 1.13. The Balaban J connectivity index is 1.77. The van der Waals surface area contributed by atoms with Crippen LogP contribution in [0.3, 0.4) is 0 Å². The normalized spacial score (nSPS) is 10.6. The molecule has 21 heavy (non-hydrogen) atoms. The number of amides is 1. The lowest BCUT2D eigenvalue weighted by Crippen LogP contribution is -2.12. The van der Waals surface area contributed by atoms with E-state index in [-0.39, 0.29) is 5.91 Å². The summed E-state index contributed by atoms with van der Waals surface area (Å²) in [4.78, 5) is 16.7. The highest BCUT2D eigenvalue weighted by Gasteiger charge is 1.98. The minimum atomic E-state index is -0.317. The first-order chi connectivity index (χ1) is 10.1. The molecule has 4 nitrogen and oxygen atoms in total. The van der Waals surface area contributed by atoms with Gasteiger partial charge in [-0.3, -0.25) is 4.79 Å². The third-order valence-electron chi connectivity index (χ3n) is 2.92. The van der Waals surface area contributed by atoms with Crippen LogP contribution in [0.2, 0.25) is 0 Å². The summed E-state index contributed by atoms with van der Waals surface area (Å²) < 4.78 is 0. The molecule has 1 amide bonds. The molecule has 0 saturated carbocycles. The summed E-state index contributed by atoms with van der Waals surface area (Å²) in [6, 6.07) is 15.5. The number of anilines is 1. The van der Waals surface area contributed by atoms with Crippen LogP contribution in [0, 0.1) is 13.8 Å². The summed E-state index contributed by atoms with van der Waals surface area (Å²) in [5.41, 5.74) is 4.08. The Morgan fingerprint density at radius 3 is 2.24 bits per heavy atom. The second-order valence-electron chi connectivity index (χ2n) is 4.85. The quantitative estimate of drug-likeness (QED) is 0.674. The number of nitrogens with zero attached hydrogens (tertiary/aromatic N) is 1. The Morgan fingerprint density at radius 1 is 1.05 bits per heavy atom. The first-order valence-corrected chi connectivity index (χ1v) is 6.72. The third-order valence-corrected chi connectivity index (χ3v) is 2.92. The van der Waals surface area contributed by atoms with Gasteiger partial charge in [-0.15, -0.1) is 0 Å². The maximum absolute atomic E-state index is 11.6. The fourth-order valence-corrected chi connectivity index (χ4v) is 1.69. The van der Waals surface area contributed by atoms with Crippen LogP contribution in [0.1, 0.15) is 16.7 Å². The number of carbonyl (C=O) groups excluding carboxylic acids is 1. The van der Waals surface area contributed by atoms with Crippen molar-refractivity contribution in [2.24, 2.45) is 5.16 Å². The molecule has 0 spiro atoms. The zero-order chi connectivity index (χ0) is 15.1. The van der Waals surface area contributed by atoms with Crippen LogP contribution in [0.15, 0.2) is 53.7 Å². The molecule has 0 aliphatic heterocycles. The number of aryl methyl sites for hydroxylation is 2. The molecule has 0 heterocycles. The van der Waals surface area contributed by atoms with E-state index in [4.69, 9.17) is 4.84 Å². The van der Waals surface area contributed by atoms with Gasteiger partial charge >= 0.3 is 0 Å². The Kier molecular flexibility index (Phi) is 5.10. The van der Waals surface area contributed by atoms with Crippen molar-refractivity contribution in [2.75, 3.05) is 5.32 Å². The lowest BCUT2D eigenvalue weighted by Gasteiger charge is -2.02. The van der Waals surface area contributed by atoms with E-state index < -0.39 is 0 Å². The average Bonchev–Trinajstić information content (AvgIpc) is 2.48. The number of hydrogen-bond donors (Lipinski definition) is 1. The number of hydrogen-bond acceptors (Lipinski definition) is 3. The molecular weight excluding hydrogens is 264 g/mol. The number of nitrogens with one attached hydrogen (secondary N) is 1. The van der Waals surface area contributed by atoms with Crippen molar-refractivity contribution in [3.05, 3.63) is 65.2 Å². The second kappa shape index (κ2) is 7.24. The van der Waals surface area contributed by atoms with Crippen LogP contribution in [0.25, 0.3) is 0 Å². The number of rotatable bonds is 5. The van der Waals surface area contributed by atoms with Crippen LogP contribution in [0.4, 0.5) is 5.69 Å². The molecule has 0 fully saturated rings. The highest BCUT2D eigenvalue weighted by atomic mass is 16.6. The van der Waals surface area contributed by atoms with E-state index >= 15 is 0 Å². The molecule has 0 aliphatic rings. The third kappa shape index (κ3) is 5.10. The molecule has 4 heteroatoms. The molecule has 2 aromatic carbocycles. The Hall–Kier alpha value is -2.62. The fraction of sp³-hybridized carbons (Fsp3) is 0.176. The predicted molar refractivity (Wildman–Crippen MR) is 84.3 cm³/mol. The van der Waals surface area contributed by atoms with Gasteiger partial charge in [0.15, 0.2) is 0 Å². The minimum absolute atomic E-state index is 0.317. The highest BCUT2D eigenvalue weighted by molar-refractivity contribution is 6.31. The molecule has 2 rings (SSSR count). The van der Waals surface area contributed by atoms with Crippen molar-refractivity contribution in [1.82, 2.24) is 0 Å². The van der Waals surface area contributed by atoms with Crippen LogP contribution in [-0.2, 0) is 16.2 Å². The van der Waals surface area contributed by atoms with Gasteiger partial charge in [-0.25, -0.2) is 0 Å². The van der Waals surface area contributed by atoms with Gasteiger partial charge in [-0.05, 0) is 31.5 Å². The number of benzene rings is 2. The van der Waals surface area contributed by atoms with E-state index in [2.05, 4.69) is 10.5 Å². The van der Waals surface area contributed by atoms with Crippen LogP contribution in [-0.4, -0.2) is 12.1 Å². The zero-order valence-corrected chi connectivity index (χ0v) is 12.2. The van der Waals surface area contributed by atoms with E-state index in [9.17, 15) is 4.79 Å². The summed E-state index contributed by atoms with van der Waals surface area (Å²) in [5, 5.41) is 6.37. The number of carbonyl (C=O) groups is 1. The molecule has 0 aliphatic carbocycles. The van der Waals surface area contributed by atoms with Gasteiger partial charge in [0.1, 0.15) is 12.8 Å². The molecule has 0 unspecified atom stereocenters. The van der Waals surface area contributed by atoms with E-state index in [1.165, 1.54) is 5.56 Å². The molecule has 1 N–H and O–H groups in total. The standard InChI is InChI=1S/C17H18N2O2/c1-13-3-7-15(8-4-13)12-21-18-11-17(20)19-16-9-5-14(2)6-10-16/h3-11H,12H2,1-2H3,(H,19,20). The highest BCUT2D eigenvalue weighted by Crippen LogP contribution is 2.08. The molecule has 0 aromatic heterocycles. The monoisotopic (exact) mass is 282 g/mol. The van der Waals surface area contributed by atoms with Crippen molar-refractivity contribution in [3.8, 4) is 0 Å². The minimum Gasteiger partial charge on any atom is -0.391 e. The van der Waals surface area contributed by atoms with E-state index in [0.29, 0.717) is 6.61 Å². The molecule has 0 atom stereocenters. The fourth-order valence-electron chi connectivity index (χ4n) is 1.69. The zero-order valence-electron chi connectivity index (χ0n) is 12.2. The Labute approximate surface area is 124 Å². The van der Waals surface area contributed by atoms with E-state index in [0.717, 1.165) is 23.0 Å². The largest absolute Gasteiger partial charge is 0.391 e. The van der Waals surface area contributed by atoms with Crippen molar-refractivity contribution in [3.63, 3.8) is 0 Å². The van der Waals surface area contributed by atoms with Crippen molar-refractivity contribution in [1.29, 1.82) is 0 Å². The first kappa shape index (κ1) is 14.8. The van der Waals surface area contributed by atoms with Gasteiger partial charge in [0.2, 0.25) is 0 Å². The summed E-state index contributed by atoms with van der Waals surface area (Å²) in [7, 11) is 0. The van der Waals surface area contributed by atoms with Gasteiger partial charge in [0.25, 0.3) is 5.91 Å². The van der Waals surface area contributed by atoms with Crippen LogP contribution < -0.4 is 5.32 Å². The lowest BCUT2D eigenvalue weighted by molar-refractivity contribution is -0.110. The van der Waals surface area contributed by atoms with Gasteiger partial charge in [-0.1, -0.05) is 52.7 Å². The van der Waals surface area contributed by atoms with E-state index in [1.807, 2.05) is 62.4 Å². The number of oxime groups is 1. The summed E-state index contributed by atoms with van der Waals surface area (Å²) >= 11 is 0. The molecule has 2 aromatic rings. The second-order valence-corrected chi connectivity index (χ2v) is 4.85. The average molecular weight is 282 g/mol. The topological polar surface area (TPSA) is 50.7 Å². The molecule has 108 valence electrons. The Bertz CT molecular complexity index is 616. The van der Waals surface area contributed by atoms with Gasteiger partial charge in [0, 0.05) is 5.69 Å². The maximum atomic E-state index is 11.6. The first-order valence-electron chi connectivity index (χ1n) is 6.72. The molecule has 0 saturated heterocycles. The van der Waals surface area contributed by atoms with Gasteiger partial charge in [-0.2, -0.15) is 0 Å². The Morgan fingerprint density at radius 2 is 1.62 bits per heavy atom. The lowest BCUT2D eigenvalue weighted by atomic mass is 10.2. The summed E-state index contributed by atoms with van der Waals surface area (Å²) in [6.45, 7) is 4.36.